The van der Waals surface area contributed by atoms with Gasteiger partial charge < -0.3 is 19.5 Å². The number of anilines is 1. The molecule has 8 heteroatoms. The Morgan fingerprint density at radius 1 is 1.10 bits per heavy atom. The van der Waals surface area contributed by atoms with Crippen molar-refractivity contribution in [1.29, 1.82) is 0 Å². The normalized spacial score (nSPS) is 17.1. The second kappa shape index (κ2) is 9.36. The van der Waals surface area contributed by atoms with Crippen molar-refractivity contribution in [3.63, 3.8) is 0 Å². The Morgan fingerprint density at radius 2 is 1.81 bits per heavy atom. The first-order valence-electron chi connectivity index (χ1n) is 10.4. The standard InChI is InChI=1S/C23H27N3O5/c1-30-21-4-2-3-19(13-21)26(14-17-5-7-18(8-6-17)22(27)28)23(29)25-11-9-24(10-12-25)20-15-31-16-20/h2-8,13,20H,9-12,14-16H2,1H3,(H,27,28). The maximum absolute atomic E-state index is 13.5. The molecule has 8 nitrogen and oxygen atoms in total. The number of aromatic carboxylic acids is 1. The van der Waals surface area contributed by atoms with Gasteiger partial charge in [0.2, 0.25) is 0 Å². The van der Waals surface area contributed by atoms with E-state index in [1.807, 2.05) is 29.2 Å². The van der Waals surface area contributed by atoms with Gasteiger partial charge in [0, 0.05) is 37.9 Å². The molecule has 0 atom stereocenters. The molecule has 1 N–H and O–H groups in total. The van der Waals surface area contributed by atoms with Gasteiger partial charge in [-0.25, -0.2) is 9.59 Å². The lowest BCUT2D eigenvalue weighted by atomic mass is 10.1. The van der Waals surface area contributed by atoms with Crippen LogP contribution in [0.5, 0.6) is 5.75 Å². The Hall–Kier alpha value is -3.10. The summed E-state index contributed by atoms with van der Waals surface area (Å²) in [5.41, 5.74) is 1.81. The molecule has 2 aromatic carbocycles. The van der Waals surface area contributed by atoms with Crippen LogP contribution in [0, 0.1) is 0 Å². The molecule has 2 amide bonds. The van der Waals surface area contributed by atoms with E-state index >= 15 is 0 Å². The van der Waals surface area contributed by atoms with Gasteiger partial charge in [0.15, 0.2) is 0 Å². The molecule has 0 radical (unpaired) electrons. The van der Waals surface area contributed by atoms with Crippen molar-refractivity contribution in [2.45, 2.75) is 12.6 Å². The van der Waals surface area contributed by atoms with Gasteiger partial charge in [0.05, 0.1) is 38.5 Å². The highest BCUT2D eigenvalue weighted by Gasteiger charge is 2.32. The summed E-state index contributed by atoms with van der Waals surface area (Å²) in [6.45, 7) is 4.87. The van der Waals surface area contributed by atoms with Gasteiger partial charge in [-0.1, -0.05) is 18.2 Å². The molecule has 2 fully saturated rings. The molecule has 164 valence electrons. The van der Waals surface area contributed by atoms with Gasteiger partial charge in [0.1, 0.15) is 5.75 Å². The van der Waals surface area contributed by atoms with Gasteiger partial charge in [-0.15, -0.1) is 0 Å². The summed E-state index contributed by atoms with van der Waals surface area (Å²) in [5, 5.41) is 9.14. The molecule has 4 rings (SSSR count). The fraction of sp³-hybridized carbons (Fsp3) is 0.391. The number of hydrogen-bond donors (Lipinski definition) is 1. The van der Waals surface area contributed by atoms with Crippen molar-refractivity contribution in [2.75, 3.05) is 51.4 Å². The average Bonchev–Trinajstić information content (AvgIpc) is 2.76. The maximum atomic E-state index is 13.5. The molecule has 2 saturated heterocycles. The number of carbonyl (C=O) groups is 2. The van der Waals surface area contributed by atoms with E-state index in [1.54, 1.807) is 36.3 Å². The third-order valence-corrected chi connectivity index (χ3v) is 5.86. The van der Waals surface area contributed by atoms with E-state index in [-0.39, 0.29) is 11.6 Å². The van der Waals surface area contributed by atoms with E-state index in [4.69, 9.17) is 14.6 Å². The number of urea groups is 1. The van der Waals surface area contributed by atoms with Gasteiger partial charge >= 0.3 is 12.0 Å². The van der Waals surface area contributed by atoms with Gasteiger partial charge in [0.25, 0.3) is 0 Å². The number of carboxylic acid groups (broad SMARTS) is 1. The van der Waals surface area contributed by atoms with E-state index in [2.05, 4.69) is 4.90 Å². The van der Waals surface area contributed by atoms with Crippen molar-refractivity contribution < 1.29 is 24.2 Å². The van der Waals surface area contributed by atoms with E-state index < -0.39 is 5.97 Å². The average molecular weight is 425 g/mol. The monoisotopic (exact) mass is 425 g/mol. The zero-order valence-corrected chi connectivity index (χ0v) is 17.6. The number of piperazine rings is 1. The number of ether oxygens (including phenoxy) is 2. The highest BCUT2D eigenvalue weighted by Crippen LogP contribution is 2.25. The Morgan fingerprint density at radius 3 is 2.39 bits per heavy atom. The molecule has 0 saturated carbocycles. The third-order valence-electron chi connectivity index (χ3n) is 5.86. The number of benzene rings is 2. The maximum Gasteiger partial charge on any atom is 0.335 e. The Balaban J connectivity index is 1.52. The molecule has 2 aliphatic rings. The number of carboxylic acids is 1. The van der Waals surface area contributed by atoms with Gasteiger partial charge in [-0.3, -0.25) is 9.80 Å². The molecule has 0 bridgehead atoms. The van der Waals surface area contributed by atoms with Crippen LogP contribution in [0.15, 0.2) is 48.5 Å². The van der Waals surface area contributed by atoms with Gasteiger partial charge in [-0.2, -0.15) is 0 Å². The number of nitrogens with zero attached hydrogens (tertiary/aromatic N) is 3. The predicted molar refractivity (Wildman–Crippen MR) is 116 cm³/mol. The molecule has 2 aromatic rings. The van der Waals surface area contributed by atoms with E-state index in [9.17, 15) is 9.59 Å². The largest absolute Gasteiger partial charge is 0.497 e. The van der Waals surface area contributed by atoms with E-state index in [0.29, 0.717) is 31.4 Å². The number of methoxy groups -OCH3 is 1. The lowest BCUT2D eigenvalue weighted by Crippen LogP contribution is -2.59. The highest BCUT2D eigenvalue weighted by atomic mass is 16.5. The summed E-state index contributed by atoms with van der Waals surface area (Å²) < 4.78 is 10.6. The molecule has 0 spiro atoms. The van der Waals surface area contributed by atoms with Crippen molar-refractivity contribution in [3.8, 4) is 5.75 Å². The zero-order chi connectivity index (χ0) is 21.8. The molecule has 0 aliphatic carbocycles. The highest BCUT2D eigenvalue weighted by molar-refractivity contribution is 5.92. The first-order valence-corrected chi connectivity index (χ1v) is 10.4. The third kappa shape index (κ3) is 4.81. The minimum atomic E-state index is -0.970. The first kappa shape index (κ1) is 21.1. The summed E-state index contributed by atoms with van der Waals surface area (Å²) >= 11 is 0. The lowest BCUT2D eigenvalue weighted by molar-refractivity contribution is -0.0738. The fourth-order valence-electron chi connectivity index (χ4n) is 3.87. The molecule has 0 aromatic heterocycles. The second-order valence-electron chi connectivity index (χ2n) is 7.79. The Labute approximate surface area is 181 Å². The fourth-order valence-corrected chi connectivity index (χ4v) is 3.87. The van der Waals surface area contributed by atoms with Gasteiger partial charge in [-0.05, 0) is 29.8 Å². The quantitative estimate of drug-likeness (QED) is 0.766. The van der Waals surface area contributed by atoms with Crippen molar-refractivity contribution >= 4 is 17.7 Å². The summed E-state index contributed by atoms with van der Waals surface area (Å²) in [6.07, 6.45) is 0. The molecule has 2 aliphatic heterocycles. The molecular formula is C23H27N3O5. The van der Waals surface area contributed by atoms with Crippen LogP contribution in [0.1, 0.15) is 15.9 Å². The molecule has 0 unspecified atom stereocenters. The van der Waals surface area contributed by atoms with Crippen LogP contribution in [0.25, 0.3) is 0 Å². The smallest absolute Gasteiger partial charge is 0.335 e. The van der Waals surface area contributed by atoms with Crippen LogP contribution >= 0.6 is 0 Å². The predicted octanol–water partition coefficient (Wildman–Crippen LogP) is 2.54. The summed E-state index contributed by atoms with van der Waals surface area (Å²) in [4.78, 5) is 30.6. The number of hydrogen-bond acceptors (Lipinski definition) is 5. The minimum absolute atomic E-state index is 0.0694. The van der Waals surface area contributed by atoms with Crippen LogP contribution < -0.4 is 9.64 Å². The summed E-state index contributed by atoms with van der Waals surface area (Å²) in [7, 11) is 1.60. The zero-order valence-electron chi connectivity index (χ0n) is 17.6. The van der Waals surface area contributed by atoms with Crippen molar-refractivity contribution in [3.05, 3.63) is 59.7 Å². The Kier molecular flexibility index (Phi) is 6.39. The van der Waals surface area contributed by atoms with Crippen LogP contribution in [0.3, 0.4) is 0 Å². The molecule has 31 heavy (non-hydrogen) atoms. The first-order chi connectivity index (χ1) is 15.0. The Bertz CT molecular complexity index is 921. The van der Waals surface area contributed by atoms with Crippen molar-refractivity contribution in [2.24, 2.45) is 0 Å². The van der Waals surface area contributed by atoms with Crippen molar-refractivity contribution in [1.82, 2.24) is 9.80 Å². The topological polar surface area (TPSA) is 82.5 Å². The van der Waals surface area contributed by atoms with Crippen LogP contribution in [0.2, 0.25) is 0 Å². The number of rotatable bonds is 6. The van der Waals surface area contributed by atoms with Crippen LogP contribution in [0.4, 0.5) is 10.5 Å². The van der Waals surface area contributed by atoms with Crippen LogP contribution in [-0.2, 0) is 11.3 Å². The summed E-state index contributed by atoms with van der Waals surface area (Å²) in [6, 6.07) is 14.4. The van der Waals surface area contributed by atoms with E-state index in [0.717, 1.165) is 37.6 Å². The number of carbonyl (C=O) groups excluding carboxylic acids is 1. The number of amides is 2. The molecule has 2 heterocycles. The van der Waals surface area contributed by atoms with Crippen LogP contribution in [-0.4, -0.2) is 79.5 Å². The van der Waals surface area contributed by atoms with E-state index in [1.165, 1.54) is 0 Å². The summed E-state index contributed by atoms with van der Waals surface area (Å²) in [5.74, 6) is -0.298. The SMILES string of the molecule is COc1cccc(N(Cc2ccc(C(=O)O)cc2)C(=O)N2CCN(C3COC3)CC2)c1. The molecular weight excluding hydrogens is 398 g/mol. The second-order valence-corrected chi connectivity index (χ2v) is 7.79. The minimum Gasteiger partial charge on any atom is -0.497 e. The lowest BCUT2D eigenvalue weighted by Gasteiger charge is -2.43.